The molecule has 0 bridgehead atoms. The Kier molecular flexibility index (Phi) is 5.37. The maximum absolute atomic E-state index is 12.2. The van der Waals surface area contributed by atoms with Gasteiger partial charge in [0.2, 0.25) is 5.91 Å². The van der Waals surface area contributed by atoms with E-state index in [4.69, 9.17) is 4.74 Å². The third-order valence-electron chi connectivity index (χ3n) is 5.78. The monoisotopic (exact) mass is 307 g/mol. The summed E-state index contributed by atoms with van der Waals surface area (Å²) in [5.74, 6) is 1.55. The van der Waals surface area contributed by atoms with Gasteiger partial charge >= 0.3 is 5.97 Å². The van der Waals surface area contributed by atoms with Crippen molar-refractivity contribution in [3.8, 4) is 0 Å². The lowest BCUT2D eigenvalue weighted by Crippen LogP contribution is -2.39. The SMILES string of the molecule is O=C(CN1CCCCCC1=O)O[C@@H]1CC[C@H]2CCCC[C@@H]2C1. The van der Waals surface area contributed by atoms with Gasteiger partial charge in [-0.2, -0.15) is 0 Å². The molecular weight excluding hydrogens is 278 g/mol. The van der Waals surface area contributed by atoms with E-state index in [0.29, 0.717) is 13.0 Å². The highest BCUT2D eigenvalue weighted by atomic mass is 16.5. The maximum Gasteiger partial charge on any atom is 0.325 e. The molecule has 0 aromatic heterocycles. The molecule has 4 heteroatoms. The number of fused-ring (bicyclic) bond motifs is 1. The van der Waals surface area contributed by atoms with Crippen molar-refractivity contribution in [2.24, 2.45) is 11.8 Å². The molecule has 2 aliphatic carbocycles. The van der Waals surface area contributed by atoms with Gasteiger partial charge in [0.25, 0.3) is 0 Å². The van der Waals surface area contributed by atoms with E-state index in [1.54, 1.807) is 4.90 Å². The third-order valence-corrected chi connectivity index (χ3v) is 5.78. The molecule has 1 saturated heterocycles. The summed E-state index contributed by atoms with van der Waals surface area (Å²) in [6, 6.07) is 0. The molecule has 0 N–H and O–H groups in total. The van der Waals surface area contributed by atoms with Crippen molar-refractivity contribution in [3.05, 3.63) is 0 Å². The van der Waals surface area contributed by atoms with Crippen LogP contribution >= 0.6 is 0 Å². The highest BCUT2D eigenvalue weighted by molar-refractivity contribution is 5.82. The van der Waals surface area contributed by atoms with Crippen LogP contribution in [0.25, 0.3) is 0 Å². The largest absolute Gasteiger partial charge is 0.461 e. The Bertz CT molecular complexity index is 409. The van der Waals surface area contributed by atoms with Crippen molar-refractivity contribution in [1.29, 1.82) is 0 Å². The van der Waals surface area contributed by atoms with E-state index >= 15 is 0 Å². The molecule has 2 saturated carbocycles. The van der Waals surface area contributed by atoms with Crippen LogP contribution in [0.2, 0.25) is 0 Å². The van der Waals surface area contributed by atoms with Crippen molar-refractivity contribution in [2.75, 3.05) is 13.1 Å². The molecule has 0 aromatic rings. The summed E-state index contributed by atoms with van der Waals surface area (Å²) in [5, 5.41) is 0. The van der Waals surface area contributed by atoms with Crippen LogP contribution in [0.15, 0.2) is 0 Å². The Morgan fingerprint density at radius 1 is 1.00 bits per heavy atom. The predicted molar refractivity (Wildman–Crippen MR) is 84.2 cm³/mol. The number of likely N-dealkylation sites (tertiary alicyclic amines) is 1. The standard InChI is InChI=1S/C18H29NO3/c20-17-8-2-1-5-11-19(17)13-18(21)22-16-10-9-14-6-3-4-7-15(14)12-16/h14-16H,1-13H2/t14-,15-,16-/m1/s1. The van der Waals surface area contributed by atoms with Crippen molar-refractivity contribution in [3.63, 3.8) is 0 Å². The molecule has 0 aromatic carbocycles. The van der Waals surface area contributed by atoms with E-state index in [2.05, 4.69) is 0 Å². The molecule has 1 amide bonds. The molecule has 3 aliphatic rings. The van der Waals surface area contributed by atoms with Gasteiger partial charge in [-0.15, -0.1) is 0 Å². The molecule has 3 rings (SSSR count). The summed E-state index contributed by atoms with van der Waals surface area (Å²) >= 11 is 0. The van der Waals surface area contributed by atoms with Crippen LogP contribution in [-0.4, -0.2) is 36.0 Å². The van der Waals surface area contributed by atoms with Crippen LogP contribution in [0.4, 0.5) is 0 Å². The fourth-order valence-electron chi connectivity index (χ4n) is 4.52. The van der Waals surface area contributed by atoms with Gasteiger partial charge in [-0.1, -0.05) is 32.1 Å². The predicted octanol–water partition coefficient (Wildman–Crippen LogP) is 3.29. The van der Waals surface area contributed by atoms with E-state index < -0.39 is 0 Å². The second kappa shape index (κ2) is 7.47. The Labute approximate surface area is 133 Å². The second-order valence-electron chi connectivity index (χ2n) is 7.36. The molecule has 4 nitrogen and oxygen atoms in total. The van der Waals surface area contributed by atoms with Gasteiger partial charge in [0.05, 0.1) is 0 Å². The number of ether oxygens (including phenoxy) is 1. The van der Waals surface area contributed by atoms with Crippen LogP contribution in [0.5, 0.6) is 0 Å². The summed E-state index contributed by atoms with van der Waals surface area (Å²) in [6.45, 7) is 0.868. The minimum absolute atomic E-state index is 0.0916. The Balaban J connectivity index is 1.46. The van der Waals surface area contributed by atoms with Gasteiger partial charge in [-0.25, -0.2) is 0 Å². The summed E-state index contributed by atoms with van der Waals surface area (Å²) < 4.78 is 5.70. The van der Waals surface area contributed by atoms with E-state index in [9.17, 15) is 9.59 Å². The summed E-state index contributed by atoms with van der Waals surface area (Å²) in [6.07, 6.45) is 12.4. The van der Waals surface area contributed by atoms with E-state index in [1.165, 1.54) is 32.1 Å². The number of esters is 1. The highest BCUT2D eigenvalue weighted by Gasteiger charge is 2.34. The van der Waals surface area contributed by atoms with Crippen LogP contribution in [0, 0.1) is 11.8 Å². The van der Waals surface area contributed by atoms with Gasteiger partial charge < -0.3 is 9.64 Å². The second-order valence-corrected chi connectivity index (χ2v) is 7.36. The number of carbonyl (C=O) groups is 2. The lowest BCUT2D eigenvalue weighted by atomic mass is 9.70. The fraction of sp³-hybridized carbons (Fsp3) is 0.889. The fourth-order valence-corrected chi connectivity index (χ4v) is 4.52. The van der Waals surface area contributed by atoms with Gasteiger partial charge in [-0.05, 0) is 43.9 Å². The van der Waals surface area contributed by atoms with Crippen molar-refractivity contribution in [1.82, 2.24) is 4.90 Å². The maximum atomic E-state index is 12.2. The highest BCUT2D eigenvalue weighted by Crippen LogP contribution is 2.41. The smallest absolute Gasteiger partial charge is 0.325 e. The number of nitrogens with zero attached hydrogens (tertiary/aromatic N) is 1. The van der Waals surface area contributed by atoms with E-state index in [1.807, 2.05) is 0 Å². The molecule has 22 heavy (non-hydrogen) atoms. The number of hydrogen-bond donors (Lipinski definition) is 0. The van der Waals surface area contributed by atoms with E-state index in [-0.39, 0.29) is 24.5 Å². The third kappa shape index (κ3) is 4.02. The minimum Gasteiger partial charge on any atom is -0.461 e. The van der Waals surface area contributed by atoms with Gasteiger partial charge in [0, 0.05) is 13.0 Å². The number of amides is 1. The average Bonchev–Trinajstić information content (AvgIpc) is 2.72. The van der Waals surface area contributed by atoms with Crippen molar-refractivity contribution in [2.45, 2.75) is 76.7 Å². The average molecular weight is 307 g/mol. The Morgan fingerprint density at radius 2 is 1.82 bits per heavy atom. The first-order chi connectivity index (χ1) is 10.7. The van der Waals surface area contributed by atoms with Crippen molar-refractivity contribution >= 4 is 11.9 Å². The van der Waals surface area contributed by atoms with Crippen LogP contribution in [0.1, 0.15) is 70.6 Å². The van der Waals surface area contributed by atoms with E-state index in [0.717, 1.165) is 43.9 Å². The quantitative estimate of drug-likeness (QED) is 0.752. The Morgan fingerprint density at radius 3 is 2.68 bits per heavy atom. The van der Waals surface area contributed by atoms with Gasteiger partial charge in [0.1, 0.15) is 12.6 Å². The zero-order chi connectivity index (χ0) is 15.4. The van der Waals surface area contributed by atoms with Crippen LogP contribution in [0.3, 0.4) is 0 Å². The van der Waals surface area contributed by atoms with Crippen LogP contribution in [-0.2, 0) is 14.3 Å². The first-order valence-corrected chi connectivity index (χ1v) is 9.19. The number of rotatable bonds is 3. The molecular formula is C18H29NO3. The molecule has 0 spiro atoms. The molecule has 0 unspecified atom stereocenters. The molecule has 124 valence electrons. The molecule has 1 heterocycles. The lowest BCUT2D eigenvalue weighted by Gasteiger charge is -2.39. The topological polar surface area (TPSA) is 46.6 Å². The normalized spacial score (nSPS) is 33.0. The first kappa shape index (κ1) is 15.8. The summed E-state index contributed by atoms with van der Waals surface area (Å²) in [5.41, 5.74) is 0. The zero-order valence-corrected chi connectivity index (χ0v) is 13.6. The zero-order valence-electron chi connectivity index (χ0n) is 13.6. The van der Waals surface area contributed by atoms with Crippen molar-refractivity contribution < 1.29 is 14.3 Å². The molecule has 1 aliphatic heterocycles. The van der Waals surface area contributed by atoms with Gasteiger partial charge in [-0.3, -0.25) is 9.59 Å². The van der Waals surface area contributed by atoms with Crippen LogP contribution < -0.4 is 0 Å². The number of hydrogen-bond acceptors (Lipinski definition) is 3. The molecule has 0 radical (unpaired) electrons. The number of carbonyl (C=O) groups excluding carboxylic acids is 2. The minimum atomic E-state index is -0.200. The van der Waals surface area contributed by atoms with Gasteiger partial charge in [0.15, 0.2) is 0 Å². The molecule has 3 atom stereocenters. The molecule has 3 fully saturated rings. The lowest BCUT2D eigenvalue weighted by molar-refractivity contribution is -0.156. The first-order valence-electron chi connectivity index (χ1n) is 9.19. The summed E-state index contributed by atoms with van der Waals surface area (Å²) in [7, 11) is 0. The summed E-state index contributed by atoms with van der Waals surface area (Å²) in [4.78, 5) is 25.8. The Hall–Kier alpha value is -1.06.